The second-order valence-electron chi connectivity index (χ2n) is 5.98. The number of aromatic nitrogens is 1. The fraction of sp³-hybridized carbons (Fsp3) is 0.200. The minimum atomic E-state index is -1.26. The smallest absolute Gasteiger partial charge is 0.253 e. The molecule has 0 saturated carbocycles. The third kappa shape index (κ3) is 3.54. The number of carbonyl (C=O) groups is 1. The number of hydrogen-bond donors (Lipinski definition) is 2. The molecule has 6 heteroatoms. The van der Waals surface area contributed by atoms with E-state index < -0.39 is 18.0 Å². The number of aliphatic hydroxyl groups is 1. The molecule has 1 heterocycles. The Labute approximate surface area is 155 Å². The van der Waals surface area contributed by atoms with Crippen LogP contribution >= 0.6 is 11.6 Å². The van der Waals surface area contributed by atoms with E-state index in [2.05, 4.69) is 10.3 Å². The summed E-state index contributed by atoms with van der Waals surface area (Å²) in [5, 5.41) is 15.1. The summed E-state index contributed by atoms with van der Waals surface area (Å²) in [6, 6.07) is 10.9. The van der Waals surface area contributed by atoms with E-state index in [9.17, 15) is 14.3 Å². The fourth-order valence-corrected chi connectivity index (χ4v) is 3.22. The van der Waals surface area contributed by atoms with Crippen molar-refractivity contribution in [3.8, 4) is 0 Å². The number of carbonyl (C=O) groups excluding carboxylic acids is 1. The lowest BCUT2D eigenvalue weighted by Gasteiger charge is -2.24. The second-order valence-corrected chi connectivity index (χ2v) is 6.38. The van der Waals surface area contributed by atoms with Crippen LogP contribution in [-0.4, -0.2) is 22.0 Å². The van der Waals surface area contributed by atoms with E-state index in [1.807, 2.05) is 24.3 Å². The van der Waals surface area contributed by atoms with Crippen molar-refractivity contribution >= 4 is 28.3 Å². The monoisotopic (exact) mass is 372 g/mol. The largest absolute Gasteiger partial charge is 0.386 e. The Morgan fingerprint density at radius 2 is 2.00 bits per heavy atom. The number of nitrogens with one attached hydrogen (secondary N) is 1. The quantitative estimate of drug-likeness (QED) is 0.703. The van der Waals surface area contributed by atoms with Crippen LogP contribution in [0.4, 0.5) is 4.39 Å². The average molecular weight is 373 g/mol. The summed E-state index contributed by atoms with van der Waals surface area (Å²) in [7, 11) is 0. The molecule has 134 valence electrons. The van der Waals surface area contributed by atoms with E-state index in [-0.39, 0.29) is 16.5 Å². The normalized spacial score (nSPS) is 13.4. The van der Waals surface area contributed by atoms with Crippen molar-refractivity contribution in [2.45, 2.75) is 25.5 Å². The highest BCUT2D eigenvalue weighted by Crippen LogP contribution is 2.29. The van der Waals surface area contributed by atoms with Gasteiger partial charge in [0.1, 0.15) is 11.9 Å². The van der Waals surface area contributed by atoms with Crippen LogP contribution in [-0.2, 0) is 0 Å². The number of hydrogen-bond acceptors (Lipinski definition) is 3. The Hall–Kier alpha value is -2.50. The first-order valence-electron chi connectivity index (χ1n) is 8.28. The van der Waals surface area contributed by atoms with Crippen LogP contribution in [0.3, 0.4) is 0 Å². The molecule has 0 spiro atoms. The number of rotatable bonds is 5. The van der Waals surface area contributed by atoms with Crippen molar-refractivity contribution in [3.63, 3.8) is 0 Å². The number of amides is 1. The number of pyridine rings is 1. The zero-order valence-corrected chi connectivity index (χ0v) is 14.9. The van der Waals surface area contributed by atoms with Crippen molar-refractivity contribution in [2.24, 2.45) is 0 Å². The van der Waals surface area contributed by atoms with Gasteiger partial charge in [0.2, 0.25) is 0 Å². The summed E-state index contributed by atoms with van der Waals surface area (Å²) in [6.07, 6.45) is 2.29. The number of benzene rings is 2. The first-order chi connectivity index (χ1) is 12.5. The van der Waals surface area contributed by atoms with Gasteiger partial charge in [-0.15, -0.1) is 0 Å². The Morgan fingerprint density at radius 3 is 2.73 bits per heavy atom. The second kappa shape index (κ2) is 7.81. The molecule has 0 aliphatic heterocycles. The molecule has 0 bridgehead atoms. The Morgan fingerprint density at radius 1 is 1.23 bits per heavy atom. The molecule has 2 aromatic carbocycles. The summed E-state index contributed by atoms with van der Waals surface area (Å²) in [5.74, 6) is -0.989. The van der Waals surface area contributed by atoms with E-state index in [0.29, 0.717) is 12.0 Å². The predicted molar refractivity (Wildman–Crippen MR) is 99.7 cm³/mol. The molecule has 0 saturated heterocycles. The highest BCUT2D eigenvalue weighted by molar-refractivity contribution is 6.31. The van der Waals surface area contributed by atoms with Crippen LogP contribution in [0.5, 0.6) is 0 Å². The maximum atomic E-state index is 14.1. The van der Waals surface area contributed by atoms with Gasteiger partial charge < -0.3 is 10.4 Å². The summed E-state index contributed by atoms with van der Waals surface area (Å²) in [5.41, 5.74) is 0.380. The molecule has 4 nitrogen and oxygen atoms in total. The SMILES string of the molecule is CCC(NC(=O)c1cncc2ccccc12)C(O)c1c(F)cccc1Cl. The summed E-state index contributed by atoms with van der Waals surface area (Å²) in [4.78, 5) is 16.8. The molecule has 26 heavy (non-hydrogen) atoms. The minimum Gasteiger partial charge on any atom is -0.386 e. The molecule has 1 aromatic heterocycles. The van der Waals surface area contributed by atoms with Crippen molar-refractivity contribution in [3.05, 3.63) is 76.8 Å². The van der Waals surface area contributed by atoms with Gasteiger partial charge in [-0.25, -0.2) is 4.39 Å². The summed E-state index contributed by atoms with van der Waals surface area (Å²) < 4.78 is 14.1. The van der Waals surface area contributed by atoms with Gasteiger partial charge in [0.15, 0.2) is 0 Å². The van der Waals surface area contributed by atoms with Gasteiger partial charge in [-0.05, 0) is 23.9 Å². The summed E-state index contributed by atoms with van der Waals surface area (Å²) >= 11 is 6.03. The number of fused-ring (bicyclic) bond motifs is 1. The maximum Gasteiger partial charge on any atom is 0.253 e. The van der Waals surface area contributed by atoms with Crippen molar-refractivity contribution in [2.75, 3.05) is 0 Å². The molecular weight excluding hydrogens is 355 g/mol. The van der Waals surface area contributed by atoms with Gasteiger partial charge in [0, 0.05) is 28.4 Å². The number of aliphatic hydroxyl groups excluding tert-OH is 1. The topological polar surface area (TPSA) is 62.2 Å². The van der Waals surface area contributed by atoms with Gasteiger partial charge in [0.05, 0.1) is 11.6 Å². The zero-order valence-electron chi connectivity index (χ0n) is 14.1. The predicted octanol–water partition coefficient (Wildman–Crippen LogP) is 4.27. The standard InChI is InChI=1S/C20H18ClFN2O2/c1-2-17(19(25)18-15(21)8-5-9-16(18)22)24-20(26)14-11-23-10-12-6-3-4-7-13(12)14/h3-11,17,19,25H,2H2,1H3,(H,24,26). The molecule has 0 radical (unpaired) electrons. The Bertz CT molecular complexity index is 922. The molecule has 3 rings (SSSR count). The average Bonchev–Trinajstić information content (AvgIpc) is 2.65. The highest BCUT2D eigenvalue weighted by Gasteiger charge is 2.26. The molecule has 2 N–H and O–H groups in total. The van der Waals surface area contributed by atoms with E-state index in [0.717, 1.165) is 10.8 Å². The lowest BCUT2D eigenvalue weighted by Crippen LogP contribution is -2.39. The molecule has 1 amide bonds. The van der Waals surface area contributed by atoms with Gasteiger partial charge in [-0.2, -0.15) is 0 Å². The fourth-order valence-electron chi connectivity index (χ4n) is 2.94. The van der Waals surface area contributed by atoms with Gasteiger partial charge in [-0.1, -0.05) is 48.9 Å². The third-order valence-corrected chi connectivity index (χ3v) is 4.68. The summed E-state index contributed by atoms with van der Waals surface area (Å²) in [6.45, 7) is 1.80. The number of nitrogens with zero attached hydrogens (tertiary/aromatic N) is 1. The molecule has 0 fully saturated rings. The molecular formula is C20H18ClFN2O2. The van der Waals surface area contributed by atoms with Crippen molar-refractivity contribution in [1.82, 2.24) is 10.3 Å². The molecule has 3 aromatic rings. The molecule has 0 aliphatic rings. The van der Waals surface area contributed by atoms with E-state index in [1.165, 1.54) is 24.4 Å². The van der Waals surface area contributed by atoms with E-state index in [1.54, 1.807) is 13.1 Å². The van der Waals surface area contributed by atoms with E-state index in [4.69, 9.17) is 11.6 Å². The Balaban J connectivity index is 1.89. The number of halogens is 2. The van der Waals surface area contributed by atoms with Crippen LogP contribution in [0.1, 0.15) is 35.4 Å². The molecule has 2 unspecified atom stereocenters. The zero-order chi connectivity index (χ0) is 18.7. The van der Waals surface area contributed by atoms with Crippen LogP contribution in [0, 0.1) is 5.82 Å². The van der Waals surface area contributed by atoms with Gasteiger partial charge in [0.25, 0.3) is 5.91 Å². The van der Waals surface area contributed by atoms with E-state index >= 15 is 0 Å². The molecule has 0 aliphatic carbocycles. The van der Waals surface area contributed by atoms with Gasteiger partial charge in [-0.3, -0.25) is 9.78 Å². The van der Waals surface area contributed by atoms with Gasteiger partial charge >= 0.3 is 0 Å². The first kappa shape index (κ1) is 18.3. The third-order valence-electron chi connectivity index (χ3n) is 4.35. The lowest BCUT2D eigenvalue weighted by atomic mass is 9.99. The first-order valence-corrected chi connectivity index (χ1v) is 8.66. The van der Waals surface area contributed by atoms with Crippen molar-refractivity contribution in [1.29, 1.82) is 0 Å². The van der Waals surface area contributed by atoms with Crippen LogP contribution in [0.2, 0.25) is 5.02 Å². The van der Waals surface area contributed by atoms with Crippen LogP contribution in [0.15, 0.2) is 54.9 Å². The highest BCUT2D eigenvalue weighted by atomic mass is 35.5. The van der Waals surface area contributed by atoms with Crippen molar-refractivity contribution < 1.29 is 14.3 Å². The molecule has 2 atom stereocenters. The maximum absolute atomic E-state index is 14.1. The van der Waals surface area contributed by atoms with Crippen LogP contribution < -0.4 is 5.32 Å². The lowest BCUT2D eigenvalue weighted by molar-refractivity contribution is 0.0821. The Kier molecular flexibility index (Phi) is 5.49. The van der Waals surface area contributed by atoms with Crippen LogP contribution in [0.25, 0.3) is 10.8 Å². The minimum absolute atomic E-state index is 0.0163.